The normalized spacial score (nSPS) is 10.8. The standard InChI is InChI=1S/C9H15N/c1-5-9(6-2)7-10-8(3)4/h5,7,10H,1,3,6H2,2,4H3/b9-7+. The van der Waals surface area contributed by atoms with Crippen LogP contribution in [-0.4, -0.2) is 0 Å². The fraction of sp³-hybridized carbons (Fsp3) is 0.333. The van der Waals surface area contributed by atoms with Crippen LogP contribution >= 0.6 is 0 Å². The first-order valence-electron chi connectivity index (χ1n) is 3.44. The molecule has 0 spiro atoms. The van der Waals surface area contributed by atoms with E-state index in [-0.39, 0.29) is 0 Å². The van der Waals surface area contributed by atoms with E-state index in [4.69, 9.17) is 0 Å². The van der Waals surface area contributed by atoms with Gasteiger partial charge in [-0.2, -0.15) is 0 Å². The van der Waals surface area contributed by atoms with Crippen LogP contribution in [0.2, 0.25) is 0 Å². The van der Waals surface area contributed by atoms with Crippen LogP contribution in [0.25, 0.3) is 0 Å². The van der Waals surface area contributed by atoms with Gasteiger partial charge in [-0.1, -0.05) is 26.2 Å². The Bertz CT molecular complexity index is 154. The van der Waals surface area contributed by atoms with Crippen LogP contribution < -0.4 is 5.32 Å². The van der Waals surface area contributed by atoms with Gasteiger partial charge in [0.15, 0.2) is 0 Å². The summed E-state index contributed by atoms with van der Waals surface area (Å²) in [7, 11) is 0. The van der Waals surface area contributed by atoms with Crippen LogP contribution in [0.4, 0.5) is 0 Å². The smallest absolute Gasteiger partial charge is 0.00421 e. The summed E-state index contributed by atoms with van der Waals surface area (Å²) >= 11 is 0. The number of hydrogen-bond donors (Lipinski definition) is 1. The van der Waals surface area contributed by atoms with Crippen LogP contribution in [0, 0.1) is 0 Å². The van der Waals surface area contributed by atoms with E-state index in [1.807, 2.05) is 19.2 Å². The summed E-state index contributed by atoms with van der Waals surface area (Å²) in [6.07, 6.45) is 4.77. The molecule has 0 aliphatic rings. The topological polar surface area (TPSA) is 12.0 Å². The van der Waals surface area contributed by atoms with E-state index in [0.717, 1.165) is 12.1 Å². The molecule has 1 nitrogen and oxygen atoms in total. The molecular formula is C9H15N. The third-order valence-corrected chi connectivity index (χ3v) is 1.17. The lowest BCUT2D eigenvalue weighted by Crippen LogP contribution is -2.00. The molecule has 0 atom stereocenters. The van der Waals surface area contributed by atoms with E-state index >= 15 is 0 Å². The fourth-order valence-corrected chi connectivity index (χ4v) is 0.521. The van der Waals surface area contributed by atoms with Crippen molar-refractivity contribution in [1.29, 1.82) is 0 Å². The molecule has 0 saturated carbocycles. The van der Waals surface area contributed by atoms with Crippen molar-refractivity contribution in [3.05, 3.63) is 36.7 Å². The minimum atomic E-state index is 0.952. The van der Waals surface area contributed by atoms with Gasteiger partial charge in [-0.15, -0.1) is 0 Å². The van der Waals surface area contributed by atoms with Crippen molar-refractivity contribution in [3.63, 3.8) is 0 Å². The summed E-state index contributed by atoms with van der Waals surface area (Å²) < 4.78 is 0. The molecule has 0 aromatic rings. The predicted octanol–water partition coefficient (Wildman–Crippen LogP) is 2.59. The Balaban J connectivity index is 3.86. The molecule has 1 heteroatoms. The van der Waals surface area contributed by atoms with E-state index in [0.29, 0.717) is 0 Å². The lowest BCUT2D eigenvalue weighted by molar-refractivity contribution is 1.02. The Labute approximate surface area is 63.1 Å². The number of hydrogen-bond acceptors (Lipinski definition) is 1. The van der Waals surface area contributed by atoms with Gasteiger partial charge in [-0.05, 0) is 18.9 Å². The van der Waals surface area contributed by atoms with Crippen LogP contribution in [0.5, 0.6) is 0 Å². The first-order valence-corrected chi connectivity index (χ1v) is 3.44. The molecule has 0 aromatic heterocycles. The molecule has 0 radical (unpaired) electrons. The molecule has 56 valence electrons. The monoisotopic (exact) mass is 137 g/mol. The number of allylic oxidation sites excluding steroid dienone is 3. The molecule has 0 heterocycles. The van der Waals surface area contributed by atoms with E-state index in [2.05, 4.69) is 25.4 Å². The Kier molecular flexibility index (Phi) is 4.38. The van der Waals surface area contributed by atoms with E-state index in [9.17, 15) is 0 Å². The van der Waals surface area contributed by atoms with Gasteiger partial charge in [0.25, 0.3) is 0 Å². The van der Waals surface area contributed by atoms with Gasteiger partial charge < -0.3 is 5.32 Å². The molecule has 0 fully saturated rings. The van der Waals surface area contributed by atoms with E-state index < -0.39 is 0 Å². The third-order valence-electron chi connectivity index (χ3n) is 1.17. The second-order valence-electron chi connectivity index (χ2n) is 2.20. The first kappa shape index (κ1) is 9.02. The molecule has 1 N–H and O–H groups in total. The Hall–Kier alpha value is -0.980. The van der Waals surface area contributed by atoms with Crippen LogP contribution in [0.3, 0.4) is 0 Å². The average molecular weight is 137 g/mol. The lowest BCUT2D eigenvalue weighted by Gasteiger charge is -1.99. The summed E-state index contributed by atoms with van der Waals surface area (Å²) in [6, 6.07) is 0. The quantitative estimate of drug-likeness (QED) is 0.587. The maximum atomic E-state index is 3.71. The highest BCUT2D eigenvalue weighted by Crippen LogP contribution is 1.98. The Morgan fingerprint density at radius 1 is 1.60 bits per heavy atom. The second kappa shape index (κ2) is 4.86. The molecule has 0 aliphatic carbocycles. The molecule has 0 rings (SSSR count). The summed E-state index contributed by atoms with van der Waals surface area (Å²) in [6.45, 7) is 11.4. The van der Waals surface area contributed by atoms with Crippen molar-refractivity contribution in [3.8, 4) is 0 Å². The Morgan fingerprint density at radius 3 is 2.50 bits per heavy atom. The van der Waals surface area contributed by atoms with Crippen molar-refractivity contribution in [2.24, 2.45) is 0 Å². The minimum absolute atomic E-state index is 0.952. The molecule has 0 amide bonds. The third kappa shape index (κ3) is 3.96. The van der Waals surface area contributed by atoms with Gasteiger partial charge in [-0.25, -0.2) is 0 Å². The zero-order valence-corrected chi connectivity index (χ0v) is 6.78. The fourth-order valence-electron chi connectivity index (χ4n) is 0.521. The zero-order chi connectivity index (χ0) is 7.98. The number of nitrogens with one attached hydrogen (secondary N) is 1. The zero-order valence-electron chi connectivity index (χ0n) is 6.78. The molecule has 0 aliphatic heterocycles. The summed E-state index contributed by atoms with van der Waals surface area (Å²) in [5.41, 5.74) is 2.15. The molecular weight excluding hydrogens is 122 g/mol. The van der Waals surface area contributed by atoms with Crippen LogP contribution in [0.15, 0.2) is 36.7 Å². The second-order valence-corrected chi connectivity index (χ2v) is 2.20. The predicted molar refractivity (Wildman–Crippen MR) is 46.5 cm³/mol. The summed E-state index contributed by atoms with van der Waals surface area (Å²) in [4.78, 5) is 0. The number of rotatable bonds is 4. The molecule has 10 heavy (non-hydrogen) atoms. The van der Waals surface area contributed by atoms with Gasteiger partial charge in [0, 0.05) is 11.9 Å². The van der Waals surface area contributed by atoms with Gasteiger partial charge in [0.2, 0.25) is 0 Å². The van der Waals surface area contributed by atoms with Crippen molar-refractivity contribution in [2.45, 2.75) is 20.3 Å². The maximum absolute atomic E-state index is 3.71. The van der Waals surface area contributed by atoms with Crippen LogP contribution in [0.1, 0.15) is 20.3 Å². The first-order chi connectivity index (χ1) is 4.70. The van der Waals surface area contributed by atoms with Crippen molar-refractivity contribution in [1.82, 2.24) is 5.32 Å². The van der Waals surface area contributed by atoms with E-state index in [1.54, 1.807) is 0 Å². The summed E-state index contributed by atoms with van der Waals surface area (Å²) in [5.74, 6) is 0. The van der Waals surface area contributed by atoms with Crippen LogP contribution in [-0.2, 0) is 0 Å². The van der Waals surface area contributed by atoms with Crippen molar-refractivity contribution >= 4 is 0 Å². The maximum Gasteiger partial charge on any atom is 0.00421 e. The van der Waals surface area contributed by atoms with Gasteiger partial charge in [0.1, 0.15) is 0 Å². The average Bonchev–Trinajstić information content (AvgIpc) is 1.90. The van der Waals surface area contributed by atoms with Gasteiger partial charge in [-0.3, -0.25) is 0 Å². The lowest BCUT2D eigenvalue weighted by atomic mass is 10.2. The van der Waals surface area contributed by atoms with Crippen molar-refractivity contribution < 1.29 is 0 Å². The molecule has 0 saturated heterocycles. The Morgan fingerprint density at radius 2 is 2.20 bits per heavy atom. The highest BCUT2D eigenvalue weighted by Gasteiger charge is 1.83. The largest absolute Gasteiger partial charge is 0.365 e. The van der Waals surface area contributed by atoms with Gasteiger partial charge in [0.05, 0.1) is 0 Å². The summed E-state index contributed by atoms with van der Waals surface area (Å²) in [5, 5.41) is 3.02. The molecule has 0 unspecified atom stereocenters. The molecule has 0 bridgehead atoms. The highest BCUT2D eigenvalue weighted by molar-refractivity contribution is 5.15. The minimum Gasteiger partial charge on any atom is -0.365 e. The van der Waals surface area contributed by atoms with E-state index in [1.165, 1.54) is 5.57 Å². The van der Waals surface area contributed by atoms with Gasteiger partial charge >= 0.3 is 0 Å². The molecule has 0 aromatic carbocycles. The van der Waals surface area contributed by atoms with Crippen molar-refractivity contribution in [2.75, 3.05) is 0 Å². The highest BCUT2D eigenvalue weighted by atomic mass is 14.8. The SMILES string of the molecule is C=C/C(=C\NC(=C)C)CC.